The third-order valence-electron chi connectivity index (χ3n) is 2.74. The molecular formula is C11H15N3O4. The van der Waals surface area contributed by atoms with E-state index in [1.807, 2.05) is 6.07 Å². The number of rotatable bonds is 5. The fourth-order valence-corrected chi connectivity index (χ4v) is 1.71. The van der Waals surface area contributed by atoms with Gasteiger partial charge in [0, 0.05) is 12.3 Å². The molecule has 3 atom stereocenters. The Kier molecular flexibility index (Phi) is 4.66. The summed E-state index contributed by atoms with van der Waals surface area (Å²) in [5.41, 5.74) is 0. The molecule has 2 amide bonds. The van der Waals surface area contributed by atoms with Crippen molar-refractivity contribution in [2.45, 2.75) is 38.3 Å². The second kappa shape index (κ2) is 6.00. The Labute approximate surface area is 104 Å². The number of carbonyl (C=O) groups excluding carboxylic acids is 2. The molecule has 0 saturated carbocycles. The quantitative estimate of drug-likeness (QED) is 0.603. The molecule has 1 fully saturated rings. The Balaban J connectivity index is 2.56. The molecule has 0 bridgehead atoms. The lowest BCUT2D eigenvalue weighted by molar-refractivity contribution is -0.142. The summed E-state index contributed by atoms with van der Waals surface area (Å²) in [4.78, 5) is 33.6. The van der Waals surface area contributed by atoms with Crippen molar-refractivity contribution in [3.8, 4) is 6.07 Å². The summed E-state index contributed by atoms with van der Waals surface area (Å²) in [6.07, 6.45) is 0.674. The SMILES string of the molecule is C[C@@H](C#N)C[C@@H](NC(=O)[C@H]1CCC(=O)N1)C(=O)O. The maximum Gasteiger partial charge on any atom is 0.326 e. The number of hydrogen-bond acceptors (Lipinski definition) is 4. The van der Waals surface area contributed by atoms with Gasteiger partial charge in [-0.3, -0.25) is 9.59 Å². The fraction of sp³-hybridized carbons (Fsp3) is 0.636. The van der Waals surface area contributed by atoms with Crippen molar-refractivity contribution in [1.29, 1.82) is 5.26 Å². The summed E-state index contributed by atoms with van der Waals surface area (Å²) in [6.45, 7) is 1.58. The topological polar surface area (TPSA) is 119 Å². The number of aliphatic carboxylic acids is 1. The molecule has 1 rings (SSSR count). The van der Waals surface area contributed by atoms with Crippen LogP contribution in [0.4, 0.5) is 0 Å². The maximum absolute atomic E-state index is 11.7. The largest absolute Gasteiger partial charge is 0.480 e. The number of carboxylic acids is 1. The third-order valence-corrected chi connectivity index (χ3v) is 2.74. The van der Waals surface area contributed by atoms with Crippen LogP contribution < -0.4 is 10.6 Å². The van der Waals surface area contributed by atoms with Crippen molar-refractivity contribution in [3.05, 3.63) is 0 Å². The molecule has 0 aliphatic carbocycles. The molecule has 7 heteroatoms. The number of nitrogens with zero attached hydrogens (tertiary/aromatic N) is 1. The van der Waals surface area contributed by atoms with Gasteiger partial charge in [-0.15, -0.1) is 0 Å². The first-order chi connectivity index (χ1) is 8.43. The Hall–Kier alpha value is -2.10. The van der Waals surface area contributed by atoms with Gasteiger partial charge in [0.05, 0.1) is 6.07 Å². The number of carboxylic acid groups (broad SMARTS) is 1. The molecule has 0 aromatic rings. The molecular weight excluding hydrogens is 238 g/mol. The zero-order chi connectivity index (χ0) is 13.7. The zero-order valence-corrected chi connectivity index (χ0v) is 9.97. The van der Waals surface area contributed by atoms with E-state index >= 15 is 0 Å². The molecule has 98 valence electrons. The van der Waals surface area contributed by atoms with Crippen molar-refractivity contribution in [2.24, 2.45) is 5.92 Å². The van der Waals surface area contributed by atoms with E-state index in [-0.39, 0.29) is 18.7 Å². The minimum absolute atomic E-state index is 0.0399. The Morgan fingerprint density at radius 3 is 2.78 bits per heavy atom. The highest BCUT2D eigenvalue weighted by atomic mass is 16.4. The first-order valence-electron chi connectivity index (χ1n) is 5.66. The normalized spacial score (nSPS) is 21.6. The van der Waals surface area contributed by atoms with Crippen molar-refractivity contribution < 1.29 is 19.5 Å². The van der Waals surface area contributed by atoms with E-state index in [2.05, 4.69) is 10.6 Å². The average Bonchev–Trinajstić information content (AvgIpc) is 2.74. The monoisotopic (exact) mass is 253 g/mol. The number of amides is 2. The molecule has 1 aliphatic heterocycles. The van der Waals surface area contributed by atoms with Gasteiger partial charge in [0.15, 0.2) is 0 Å². The summed E-state index contributed by atoms with van der Waals surface area (Å²) in [5, 5.41) is 22.4. The van der Waals surface area contributed by atoms with Gasteiger partial charge in [-0.25, -0.2) is 4.79 Å². The fourth-order valence-electron chi connectivity index (χ4n) is 1.71. The van der Waals surface area contributed by atoms with Crippen molar-refractivity contribution in [2.75, 3.05) is 0 Å². The van der Waals surface area contributed by atoms with Crippen LogP contribution in [-0.4, -0.2) is 35.0 Å². The highest BCUT2D eigenvalue weighted by molar-refractivity contribution is 5.92. The lowest BCUT2D eigenvalue weighted by Gasteiger charge is -2.18. The lowest BCUT2D eigenvalue weighted by atomic mass is 10.0. The van der Waals surface area contributed by atoms with E-state index in [1.165, 1.54) is 0 Å². The van der Waals surface area contributed by atoms with E-state index in [9.17, 15) is 14.4 Å². The second-order valence-electron chi connectivity index (χ2n) is 4.32. The van der Waals surface area contributed by atoms with Gasteiger partial charge in [0.25, 0.3) is 0 Å². The molecule has 18 heavy (non-hydrogen) atoms. The molecule has 7 nitrogen and oxygen atoms in total. The van der Waals surface area contributed by atoms with Crippen LogP contribution in [0.3, 0.4) is 0 Å². The molecule has 3 N–H and O–H groups in total. The predicted molar refractivity (Wildman–Crippen MR) is 60.1 cm³/mol. The minimum atomic E-state index is -1.19. The number of nitrogens with one attached hydrogen (secondary N) is 2. The number of hydrogen-bond donors (Lipinski definition) is 3. The molecule has 1 aliphatic rings. The lowest BCUT2D eigenvalue weighted by Crippen LogP contribution is -2.49. The molecule has 1 heterocycles. The highest BCUT2D eigenvalue weighted by Gasteiger charge is 2.30. The van der Waals surface area contributed by atoms with Gasteiger partial charge >= 0.3 is 5.97 Å². The Bertz CT molecular complexity index is 402. The average molecular weight is 253 g/mol. The number of carbonyl (C=O) groups is 3. The van der Waals surface area contributed by atoms with Gasteiger partial charge in [0.2, 0.25) is 11.8 Å². The summed E-state index contributed by atoms with van der Waals surface area (Å²) in [6, 6.07) is 0.139. The van der Waals surface area contributed by atoms with Crippen LogP contribution in [0.2, 0.25) is 0 Å². The molecule has 0 aromatic carbocycles. The Morgan fingerprint density at radius 2 is 2.33 bits per heavy atom. The molecule has 1 saturated heterocycles. The van der Waals surface area contributed by atoms with E-state index < -0.39 is 29.9 Å². The van der Waals surface area contributed by atoms with Crippen LogP contribution in [0, 0.1) is 17.2 Å². The van der Waals surface area contributed by atoms with Crippen LogP contribution in [0.1, 0.15) is 26.2 Å². The molecule has 0 unspecified atom stereocenters. The van der Waals surface area contributed by atoms with Crippen molar-refractivity contribution in [3.63, 3.8) is 0 Å². The van der Waals surface area contributed by atoms with Gasteiger partial charge in [-0.05, 0) is 19.8 Å². The van der Waals surface area contributed by atoms with Crippen LogP contribution >= 0.6 is 0 Å². The van der Waals surface area contributed by atoms with Gasteiger partial charge in [-0.2, -0.15) is 5.26 Å². The van der Waals surface area contributed by atoms with E-state index in [1.54, 1.807) is 6.92 Å². The number of nitriles is 1. The molecule has 0 aromatic heterocycles. The van der Waals surface area contributed by atoms with Gasteiger partial charge < -0.3 is 15.7 Å². The van der Waals surface area contributed by atoms with Crippen LogP contribution in [0.15, 0.2) is 0 Å². The van der Waals surface area contributed by atoms with E-state index in [0.717, 1.165) is 0 Å². The van der Waals surface area contributed by atoms with Crippen molar-refractivity contribution in [1.82, 2.24) is 10.6 Å². The summed E-state index contributed by atoms with van der Waals surface area (Å²) in [7, 11) is 0. The summed E-state index contributed by atoms with van der Waals surface area (Å²) >= 11 is 0. The standard InChI is InChI=1S/C11H15N3O4/c1-6(5-12)4-8(11(17)18)14-10(16)7-2-3-9(15)13-7/h6-8H,2-4H2,1H3,(H,13,15)(H,14,16)(H,17,18)/t6-,7-,8-/m1/s1. The second-order valence-corrected chi connectivity index (χ2v) is 4.32. The van der Waals surface area contributed by atoms with Gasteiger partial charge in [-0.1, -0.05) is 0 Å². The smallest absolute Gasteiger partial charge is 0.326 e. The van der Waals surface area contributed by atoms with E-state index in [4.69, 9.17) is 10.4 Å². The van der Waals surface area contributed by atoms with E-state index in [0.29, 0.717) is 6.42 Å². The van der Waals surface area contributed by atoms with Crippen LogP contribution in [0.5, 0.6) is 0 Å². The minimum Gasteiger partial charge on any atom is -0.480 e. The first kappa shape index (κ1) is 14.0. The maximum atomic E-state index is 11.7. The highest BCUT2D eigenvalue weighted by Crippen LogP contribution is 2.09. The molecule has 0 radical (unpaired) electrons. The zero-order valence-electron chi connectivity index (χ0n) is 9.97. The third kappa shape index (κ3) is 3.73. The Morgan fingerprint density at radius 1 is 1.67 bits per heavy atom. The summed E-state index contributed by atoms with van der Waals surface area (Å²) < 4.78 is 0. The van der Waals surface area contributed by atoms with Crippen LogP contribution in [-0.2, 0) is 14.4 Å². The first-order valence-corrected chi connectivity index (χ1v) is 5.66. The van der Waals surface area contributed by atoms with Crippen molar-refractivity contribution >= 4 is 17.8 Å². The molecule has 0 spiro atoms. The predicted octanol–water partition coefficient (Wildman–Crippen LogP) is -0.616. The van der Waals surface area contributed by atoms with Gasteiger partial charge in [0.1, 0.15) is 12.1 Å². The summed E-state index contributed by atoms with van der Waals surface area (Å²) in [5.74, 6) is -2.38. The van der Waals surface area contributed by atoms with Crippen LogP contribution in [0.25, 0.3) is 0 Å².